The standard InChI is InChI=1S/C11H13ClO/c1-3-10-5-4-6-11(9(10)2)13-8-7-12/h3-6H,1,7-8H2,2H3. The molecule has 1 rings (SSSR count). The molecule has 0 N–H and O–H groups in total. The van der Waals surface area contributed by atoms with Gasteiger partial charge in [-0.1, -0.05) is 24.8 Å². The SMILES string of the molecule is C=Cc1cccc(OCCCl)c1C. The van der Waals surface area contributed by atoms with E-state index in [0.717, 1.165) is 16.9 Å². The molecular formula is C11H13ClO. The lowest BCUT2D eigenvalue weighted by Gasteiger charge is -2.09. The van der Waals surface area contributed by atoms with Crippen molar-refractivity contribution in [3.8, 4) is 5.75 Å². The van der Waals surface area contributed by atoms with Crippen LogP contribution in [-0.4, -0.2) is 12.5 Å². The van der Waals surface area contributed by atoms with E-state index in [9.17, 15) is 0 Å². The summed E-state index contributed by atoms with van der Waals surface area (Å²) in [6.07, 6.45) is 1.82. The van der Waals surface area contributed by atoms with Gasteiger partial charge in [0.1, 0.15) is 12.4 Å². The van der Waals surface area contributed by atoms with Gasteiger partial charge in [-0.2, -0.15) is 0 Å². The van der Waals surface area contributed by atoms with Crippen molar-refractivity contribution >= 4 is 17.7 Å². The van der Waals surface area contributed by atoms with E-state index in [1.165, 1.54) is 0 Å². The highest BCUT2D eigenvalue weighted by Gasteiger charge is 2.01. The Labute approximate surface area is 84.0 Å². The average Bonchev–Trinajstić information content (AvgIpc) is 2.16. The number of alkyl halides is 1. The molecule has 0 heterocycles. The zero-order valence-electron chi connectivity index (χ0n) is 7.72. The molecule has 1 aromatic rings. The highest BCUT2D eigenvalue weighted by Crippen LogP contribution is 2.21. The van der Waals surface area contributed by atoms with E-state index < -0.39 is 0 Å². The molecular weight excluding hydrogens is 184 g/mol. The molecule has 0 saturated heterocycles. The van der Waals surface area contributed by atoms with Crippen molar-refractivity contribution in [2.75, 3.05) is 12.5 Å². The summed E-state index contributed by atoms with van der Waals surface area (Å²) in [5.41, 5.74) is 2.22. The van der Waals surface area contributed by atoms with Crippen LogP contribution >= 0.6 is 11.6 Å². The Morgan fingerprint density at radius 3 is 2.92 bits per heavy atom. The van der Waals surface area contributed by atoms with Gasteiger partial charge in [0.05, 0.1) is 5.88 Å². The van der Waals surface area contributed by atoms with Gasteiger partial charge in [0.15, 0.2) is 0 Å². The Morgan fingerprint density at radius 2 is 2.31 bits per heavy atom. The molecule has 0 spiro atoms. The molecule has 0 saturated carbocycles. The number of hydrogen-bond acceptors (Lipinski definition) is 1. The number of hydrogen-bond donors (Lipinski definition) is 0. The molecule has 0 amide bonds. The van der Waals surface area contributed by atoms with Gasteiger partial charge in [0.2, 0.25) is 0 Å². The highest BCUT2D eigenvalue weighted by atomic mass is 35.5. The summed E-state index contributed by atoms with van der Waals surface area (Å²) in [4.78, 5) is 0. The van der Waals surface area contributed by atoms with E-state index >= 15 is 0 Å². The van der Waals surface area contributed by atoms with E-state index in [-0.39, 0.29) is 0 Å². The normalized spacial score (nSPS) is 9.69. The van der Waals surface area contributed by atoms with E-state index in [2.05, 4.69) is 6.58 Å². The molecule has 0 atom stereocenters. The molecule has 0 aliphatic carbocycles. The van der Waals surface area contributed by atoms with Crippen LogP contribution in [0.15, 0.2) is 24.8 Å². The van der Waals surface area contributed by atoms with Crippen LogP contribution in [0.4, 0.5) is 0 Å². The third-order valence-electron chi connectivity index (χ3n) is 1.88. The Balaban J connectivity index is 2.87. The minimum Gasteiger partial charge on any atom is -0.492 e. The molecule has 0 radical (unpaired) electrons. The summed E-state index contributed by atoms with van der Waals surface area (Å²) in [5.74, 6) is 1.40. The van der Waals surface area contributed by atoms with E-state index in [0.29, 0.717) is 12.5 Å². The first-order chi connectivity index (χ1) is 6.29. The van der Waals surface area contributed by atoms with Crippen molar-refractivity contribution < 1.29 is 4.74 Å². The minimum absolute atomic E-state index is 0.512. The fraction of sp³-hybridized carbons (Fsp3) is 0.273. The first kappa shape index (κ1) is 10.1. The largest absolute Gasteiger partial charge is 0.492 e. The third kappa shape index (κ3) is 2.49. The fourth-order valence-electron chi connectivity index (χ4n) is 1.16. The van der Waals surface area contributed by atoms with Crippen LogP contribution in [-0.2, 0) is 0 Å². The summed E-state index contributed by atoms with van der Waals surface area (Å²) in [6, 6.07) is 5.90. The fourth-order valence-corrected chi connectivity index (χ4v) is 1.23. The zero-order chi connectivity index (χ0) is 9.68. The van der Waals surface area contributed by atoms with Crippen LogP contribution < -0.4 is 4.74 Å². The Kier molecular flexibility index (Phi) is 3.84. The third-order valence-corrected chi connectivity index (χ3v) is 2.03. The van der Waals surface area contributed by atoms with E-state index in [4.69, 9.17) is 16.3 Å². The topological polar surface area (TPSA) is 9.23 Å². The van der Waals surface area contributed by atoms with E-state index in [1.807, 2.05) is 31.2 Å². The van der Waals surface area contributed by atoms with Crippen molar-refractivity contribution in [3.05, 3.63) is 35.9 Å². The predicted octanol–water partition coefficient (Wildman–Crippen LogP) is 3.26. The molecule has 0 aromatic heterocycles. The van der Waals surface area contributed by atoms with E-state index in [1.54, 1.807) is 0 Å². The number of rotatable bonds is 4. The number of ether oxygens (including phenoxy) is 1. The second-order valence-corrected chi connectivity index (χ2v) is 3.09. The highest BCUT2D eigenvalue weighted by molar-refractivity contribution is 6.18. The summed E-state index contributed by atoms with van der Waals surface area (Å²) >= 11 is 5.53. The van der Waals surface area contributed by atoms with Crippen molar-refractivity contribution in [2.24, 2.45) is 0 Å². The van der Waals surface area contributed by atoms with Crippen LogP contribution in [0.25, 0.3) is 6.08 Å². The van der Waals surface area contributed by atoms with Gasteiger partial charge in [-0.25, -0.2) is 0 Å². The molecule has 0 fully saturated rings. The monoisotopic (exact) mass is 196 g/mol. The van der Waals surface area contributed by atoms with Gasteiger partial charge < -0.3 is 4.74 Å². The van der Waals surface area contributed by atoms with Crippen molar-refractivity contribution in [1.82, 2.24) is 0 Å². The molecule has 0 aliphatic heterocycles. The van der Waals surface area contributed by atoms with Gasteiger partial charge in [-0.15, -0.1) is 11.6 Å². The maximum atomic E-state index is 5.53. The van der Waals surface area contributed by atoms with Gasteiger partial charge in [-0.05, 0) is 24.1 Å². The molecule has 0 bridgehead atoms. The molecule has 0 aliphatic rings. The zero-order valence-corrected chi connectivity index (χ0v) is 8.47. The first-order valence-electron chi connectivity index (χ1n) is 4.20. The van der Waals surface area contributed by atoms with Gasteiger partial charge in [-0.3, -0.25) is 0 Å². The predicted molar refractivity (Wildman–Crippen MR) is 57.5 cm³/mol. The molecule has 1 aromatic carbocycles. The number of halogens is 1. The van der Waals surface area contributed by atoms with Crippen LogP contribution in [0, 0.1) is 6.92 Å². The summed E-state index contributed by atoms with van der Waals surface area (Å²) in [6.45, 7) is 6.29. The van der Waals surface area contributed by atoms with Crippen molar-refractivity contribution in [2.45, 2.75) is 6.92 Å². The number of benzene rings is 1. The molecule has 70 valence electrons. The second-order valence-electron chi connectivity index (χ2n) is 2.71. The van der Waals surface area contributed by atoms with Gasteiger partial charge >= 0.3 is 0 Å². The second kappa shape index (κ2) is 4.93. The lowest BCUT2D eigenvalue weighted by molar-refractivity contribution is 0.340. The molecule has 13 heavy (non-hydrogen) atoms. The maximum absolute atomic E-state index is 5.53. The summed E-state index contributed by atoms with van der Waals surface area (Å²) in [7, 11) is 0. The van der Waals surface area contributed by atoms with Crippen LogP contribution in [0.5, 0.6) is 5.75 Å². The summed E-state index contributed by atoms with van der Waals surface area (Å²) < 4.78 is 5.45. The van der Waals surface area contributed by atoms with Crippen LogP contribution in [0.2, 0.25) is 0 Å². The molecule has 0 unspecified atom stereocenters. The van der Waals surface area contributed by atoms with Crippen LogP contribution in [0.1, 0.15) is 11.1 Å². The molecule has 2 heteroatoms. The van der Waals surface area contributed by atoms with Crippen LogP contribution in [0.3, 0.4) is 0 Å². The molecule has 1 nitrogen and oxygen atoms in total. The lowest BCUT2D eigenvalue weighted by Crippen LogP contribution is -2.00. The Hall–Kier alpha value is -0.950. The first-order valence-corrected chi connectivity index (χ1v) is 4.74. The van der Waals surface area contributed by atoms with Gasteiger partial charge in [0, 0.05) is 0 Å². The smallest absolute Gasteiger partial charge is 0.122 e. The quantitative estimate of drug-likeness (QED) is 0.672. The Morgan fingerprint density at radius 1 is 1.54 bits per heavy atom. The summed E-state index contributed by atoms with van der Waals surface area (Å²) in [5, 5.41) is 0. The minimum atomic E-state index is 0.512. The van der Waals surface area contributed by atoms with Gasteiger partial charge in [0.25, 0.3) is 0 Å². The average molecular weight is 197 g/mol. The lowest BCUT2D eigenvalue weighted by atomic mass is 10.1. The Bertz CT molecular complexity index is 294. The maximum Gasteiger partial charge on any atom is 0.122 e. The van der Waals surface area contributed by atoms with Crippen molar-refractivity contribution in [1.29, 1.82) is 0 Å². The van der Waals surface area contributed by atoms with Crippen molar-refractivity contribution in [3.63, 3.8) is 0 Å².